The fourth-order valence-corrected chi connectivity index (χ4v) is 1.15. The van der Waals surface area contributed by atoms with Crippen molar-refractivity contribution in [2.24, 2.45) is 5.92 Å². The lowest BCUT2D eigenvalue weighted by molar-refractivity contribution is -0.121. The summed E-state index contributed by atoms with van der Waals surface area (Å²) in [5.41, 5.74) is 0. The highest BCUT2D eigenvalue weighted by Gasteiger charge is 2.03. The number of carbonyl (C=O) groups excluding carboxylic acids is 1. The van der Waals surface area contributed by atoms with Crippen LogP contribution >= 0.6 is 12.2 Å². The van der Waals surface area contributed by atoms with Gasteiger partial charge in [0, 0.05) is 13.0 Å². The third-order valence-electron chi connectivity index (χ3n) is 1.80. The summed E-state index contributed by atoms with van der Waals surface area (Å²) in [6.07, 6.45) is 0.380. The maximum Gasteiger partial charge on any atom is 0.238 e. The Morgan fingerprint density at radius 1 is 1.67 bits per heavy atom. The average molecular weight is 229 g/mol. The van der Waals surface area contributed by atoms with E-state index in [9.17, 15) is 4.79 Å². The molecule has 0 aliphatic heterocycles. The number of hydrogen-bond acceptors (Lipinski definition) is 4. The number of hydrogen-bond donors (Lipinski definition) is 2. The number of aryl methyl sites for hydroxylation is 1. The largest absolute Gasteiger partial charge is 0.356 e. The minimum absolute atomic E-state index is 0.0141. The third-order valence-corrected chi connectivity index (χ3v) is 2.10. The number of tetrazole rings is 1. The normalized spacial score (nSPS) is 10.6. The highest BCUT2D eigenvalue weighted by Crippen LogP contribution is 1.91. The van der Waals surface area contributed by atoms with Crippen LogP contribution in [0.25, 0.3) is 0 Å². The highest BCUT2D eigenvalue weighted by atomic mass is 32.1. The standard InChI is InChI=1S/C8H15N5OS/c1-6(2)5-9-7(14)3-4-13-8(15)10-11-12-13/h6H,3-5H2,1-2H3,(H,9,14)(H,10,12,15). The molecule has 0 saturated carbocycles. The van der Waals surface area contributed by atoms with Crippen molar-refractivity contribution < 1.29 is 4.79 Å². The maximum absolute atomic E-state index is 11.3. The Bertz CT molecular complexity index is 369. The van der Waals surface area contributed by atoms with Crippen LogP contribution in [-0.4, -0.2) is 32.7 Å². The number of H-pyrrole nitrogens is 1. The van der Waals surface area contributed by atoms with Gasteiger partial charge < -0.3 is 5.32 Å². The Kier molecular flexibility index (Phi) is 4.41. The van der Waals surface area contributed by atoms with Gasteiger partial charge in [-0.3, -0.25) is 4.79 Å². The van der Waals surface area contributed by atoms with Crippen LogP contribution in [0.1, 0.15) is 20.3 Å². The zero-order valence-electron chi connectivity index (χ0n) is 8.86. The van der Waals surface area contributed by atoms with E-state index in [2.05, 4.69) is 34.7 Å². The van der Waals surface area contributed by atoms with Crippen LogP contribution in [0.15, 0.2) is 0 Å². The van der Waals surface area contributed by atoms with Crippen molar-refractivity contribution in [1.82, 2.24) is 25.5 Å². The predicted octanol–water partition coefficient (Wildman–Crippen LogP) is 0.498. The second kappa shape index (κ2) is 5.59. The molecule has 15 heavy (non-hydrogen) atoms. The van der Waals surface area contributed by atoms with Gasteiger partial charge in [0.05, 0.1) is 6.54 Å². The Hall–Kier alpha value is -1.24. The molecule has 0 atom stereocenters. The van der Waals surface area contributed by atoms with Gasteiger partial charge in [0.25, 0.3) is 0 Å². The Morgan fingerprint density at radius 2 is 2.40 bits per heavy atom. The lowest BCUT2D eigenvalue weighted by Crippen LogP contribution is -2.28. The number of carbonyl (C=O) groups is 1. The summed E-state index contributed by atoms with van der Waals surface area (Å²) >= 11 is 4.87. The molecule has 0 aliphatic rings. The van der Waals surface area contributed by atoms with E-state index in [4.69, 9.17) is 12.2 Å². The molecule has 0 aliphatic carbocycles. The van der Waals surface area contributed by atoms with Gasteiger partial charge >= 0.3 is 0 Å². The molecule has 1 heterocycles. The zero-order chi connectivity index (χ0) is 11.3. The summed E-state index contributed by atoms with van der Waals surface area (Å²) in [5, 5.41) is 12.6. The van der Waals surface area contributed by atoms with Gasteiger partial charge in [-0.25, -0.2) is 4.68 Å². The van der Waals surface area contributed by atoms with E-state index in [-0.39, 0.29) is 5.91 Å². The summed E-state index contributed by atoms with van der Waals surface area (Å²) in [6.45, 7) is 5.28. The van der Waals surface area contributed by atoms with Crippen molar-refractivity contribution in [3.05, 3.63) is 4.77 Å². The lowest BCUT2D eigenvalue weighted by atomic mass is 10.2. The summed E-state index contributed by atoms with van der Waals surface area (Å²) in [4.78, 5) is 11.3. The molecule has 84 valence electrons. The summed E-state index contributed by atoms with van der Waals surface area (Å²) in [6, 6.07) is 0. The molecule has 0 unspecified atom stereocenters. The molecule has 0 radical (unpaired) electrons. The molecule has 0 spiro atoms. The number of rotatable bonds is 5. The van der Waals surface area contributed by atoms with Crippen LogP contribution in [0.3, 0.4) is 0 Å². The van der Waals surface area contributed by atoms with Crippen molar-refractivity contribution in [3.63, 3.8) is 0 Å². The fourth-order valence-electron chi connectivity index (χ4n) is 0.981. The molecular weight excluding hydrogens is 214 g/mol. The minimum Gasteiger partial charge on any atom is -0.356 e. The molecule has 0 aromatic carbocycles. The number of nitrogens with zero attached hydrogens (tertiary/aromatic N) is 3. The van der Waals surface area contributed by atoms with Gasteiger partial charge in [-0.15, -0.1) is 0 Å². The summed E-state index contributed by atoms with van der Waals surface area (Å²) in [5.74, 6) is 0.477. The Labute approximate surface area is 93.0 Å². The SMILES string of the molecule is CC(C)CNC(=O)CCn1[nH]nnc1=S. The summed E-state index contributed by atoms with van der Waals surface area (Å²) in [7, 11) is 0. The van der Waals surface area contributed by atoms with E-state index in [1.165, 1.54) is 0 Å². The Balaban J connectivity index is 2.29. The van der Waals surface area contributed by atoms with Crippen LogP contribution in [0.4, 0.5) is 0 Å². The molecule has 0 fully saturated rings. The quantitative estimate of drug-likeness (QED) is 0.721. The maximum atomic E-state index is 11.3. The fraction of sp³-hybridized carbons (Fsp3) is 0.750. The predicted molar refractivity (Wildman–Crippen MR) is 57.7 cm³/mol. The van der Waals surface area contributed by atoms with Gasteiger partial charge in [-0.2, -0.15) is 5.21 Å². The highest BCUT2D eigenvalue weighted by molar-refractivity contribution is 7.71. The van der Waals surface area contributed by atoms with Crippen LogP contribution in [0, 0.1) is 10.7 Å². The van der Waals surface area contributed by atoms with Gasteiger partial charge in [0.15, 0.2) is 0 Å². The van der Waals surface area contributed by atoms with Crippen molar-refractivity contribution in [1.29, 1.82) is 0 Å². The van der Waals surface area contributed by atoms with Crippen LogP contribution < -0.4 is 5.32 Å². The third kappa shape index (κ3) is 4.20. The van der Waals surface area contributed by atoms with Crippen molar-refractivity contribution in [2.45, 2.75) is 26.8 Å². The first kappa shape index (κ1) is 11.8. The molecular formula is C8H15N5OS. The van der Waals surface area contributed by atoms with Crippen LogP contribution in [-0.2, 0) is 11.3 Å². The second-order valence-electron chi connectivity index (χ2n) is 3.68. The first-order valence-electron chi connectivity index (χ1n) is 4.84. The van der Waals surface area contributed by atoms with Crippen molar-refractivity contribution in [2.75, 3.05) is 6.54 Å². The molecule has 6 nitrogen and oxygen atoms in total. The van der Waals surface area contributed by atoms with E-state index >= 15 is 0 Å². The molecule has 0 bridgehead atoms. The first-order valence-corrected chi connectivity index (χ1v) is 5.25. The second-order valence-corrected chi connectivity index (χ2v) is 4.05. The van der Waals surface area contributed by atoms with Crippen molar-refractivity contribution >= 4 is 18.1 Å². The first-order chi connectivity index (χ1) is 7.09. The monoisotopic (exact) mass is 229 g/mol. The van der Waals surface area contributed by atoms with E-state index in [1.54, 1.807) is 4.68 Å². The molecule has 7 heteroatoms. The van der Waals surface area contributed by atoms with Gasteiger partial charge in [0.2, 0.25) is 10.7 Å². The molecule has 0 saturated heterocycles. The average Bonchev–Trinajstić information content (AvgIpc) is 2.58. The molecule has 1 amide bonds. The Morgan fingerprint density at radius 3 is 2.93 bits per heavy atom. The number of aromatic amines is 1. The van der Waals surface area contributed by atoms with E-state index < -0.39 is 0 Å². The van der Waals surface area contributed by atoms with E-state index in [0.29, 0.717) is 30.2 Å². The molecule has 2 N–H and O–H groups in total. The van der Waals surface area contributed by atoms with Gasteiger partial charge in [0.1, 0.15) is 0 Å². The summed E-state index contributed by atoms with van der Waals surface area (Å²) < 4.78 is 1.93. The van der Waals surface area contributed by atoms with Gasteiger partial charge in [-0.1, -0.05) is 24.2 Å². The van der Waals surface area contributed by atoms with Crippen LogP contribution in [0.5, 0.6) is 0 Å². The zero-order valence-corrected chi connectivity index (χ0v) is 9.67. The van der Waals surface area contributed by atoms with E-state index in [0.717, 1.165) is 0 Å². The minimum atomic E-state index is 0.0141. The topological polar surface area (TPSA) is 75.6 Å². The number of amides is 1. The molecule has 1 aromatic heterocycles. The van der Waals surface area contributed by atoms with E-state index in [1.807, 2.05) is 0 Å². The number of nitrogens with one attached hydrogen (secondary N) is 2. The lowest BCUT2D eigenvalue weighted by Gasteiger charge is -2.07. The number of aromatic nitrogens is 4. The van der Waals surface area contributed by atoms with Gasteiger partial charge in [-0.05, 0) is 18.1 Å². The molecule has 1 aromatic rings. The van der Waals surface area contributed by atoms with Crippen molar-refractivity contribution in [3.8, 4) is 0 Å². The van der Waals surface area contributed by atoms with Crippen LogP contribution in [0.2, 0.25) is 0 Å². The smallest absolute Gasteiger partial charge is 0.238 e. The molecule has 1 rings (SSSR count).